The highest BCUT2D eigenvalue weighted by atomic mass is 35.5. The van der Waals surface area contributed by atoms with E-state index in [2.05, 4.69) is 5.32 Å². The summed E-state index contributed by atoms with van der Waals surface area (Å²) < 4.78 is 34.7. The SMILES string of the molecule is CC[C@@H](C(=O)NC(C)(C)C)N(Cc1c(Cl)cccc1Cl)C(=O)CN(c1cc(C)ccc1OC)S(=O)(=O)c1ccccc1. The van der Waals surface area contributed by atoms with E-state index in [9.17, 15) is 18.0 Å². The van der Waals surface area contributed by atoms with Crippen LogP contribution in [0.4, 0.5) is 5.69 Å². The van der Waals surface area contributed by atoms with Gasteiger partial charge in [-0.05, 0) is 76.1 Å². The Morgan fingerprint density at radius 1 is 0.976 bits per heavy atom. The first-order chi connectivity index (χ1) is 19.7. The van der Waals surface area contributed by atoms with Gasteiger partial charge in [0.1, 0.15) is 18.3 Å². The average molecular weight is 635 g/mol. The van der Waals surface area contributed by atoms with E-state index in [0.29, 0.717) is 15.6 Å². The van der Waals surface area contributed by atoms with E-state index < -0.39 is 34.1 Å². The largest absolute Gasteiger partial charge is 0.495 e. The number of aryl methyl sites for hydroxylation is 1. The second-order valence-corrected chi connectivity index (χ2v) is 13.6. The summed E-state index contributed by atoms with van der Waals surface area (Å²) in [6.07, 6.45) is 0.259. The number of nitrogens with one attached hydrogen (secondary N) is 1. The molecule has 0 bridgehead atoms. The van der Waals surface area contributed by atoms with Crippen molar-refractivity contribution in [2.24, 2.45) is 0 Å². The number of sulfonamides is 1. The predicted octanol–water partition coefficient (Wildman–Crippen LogP) is 6.23. The molecule has 3 rings (SSSR count). The molecule has 2 amide bonds. The van der Waals surface area contributed by atoms with Gasteiger partial charge in [0.05, 0.1) is 17.7 Å². The van der Waals surface area contributed by atoms with Crippen LogP contribution in [0.1, 0.15) is 45.2 Å². The molecule has 0 saturated carbocycles. The molecule has 0 fully saturated rings. The second kappa shape index (κ2) is 13.8. The maximum atomic E-state index is 14.3. The molecule has 3 aromatic rings. The summed E-state index contributed by atoms with van der Waals surface area (Å²) in [5, 5.41) is 3.58. The standard InChI is InChI=1S/C31H37Cl2N3O5S/c1-7-26(30(38)34-31(3,4)5)35(19-23-24(32)14-11-15-25(23)33)29(37)20-36(27-18-21(2)16-17-28(27)41-6)42(39,40)22-12-9-8-10-13-22/h8-18,26H,7,19-20H2,1-6H3,(H,34,38)/t26-/m0/s1. The summed E-state index contributed by atoms with van der Waals surface area (Å²) in [5.74, 6) is -0.733. The molecule has 0 aliphatic carbocycles. The molecular formula is C31H37Cl2N3O5S. The normalized spacial score (nSPS) is 12.4. The van der Waals surface area contributed by atoms with Crippen LogP contribution in [0.5, 0.6) is 5.75 Å². The Morgan fingerprint density at radius 2 is 1.60 bits per heavy atom. The molecule has 0 unspecified atom stereocenters. The molecular weight excluding hydrogens is 597 g/mol. The van der Waals surface area contributed by atoms with Crippen LogP contribution >= 0.6 is 23.2 Å². The van der Waals surface area contributed by atoms with Gasteiger partial charge in [0.25, 0.3) is 10.0 Å². The Bertz CT molecular complexity index is 1510. The van der Waals surface area contributed by atoms with Crippen LogP contribution in [0.3, 0.4) is 0 Å². The van der Waals surface area contributed by atoms with Gasteiger partial charge in [0.15, 0.2) is 0 Å². The van der Waals surface area contributed by atoms with Crippen molar-refractivity contribution in [3.63, 3.8) is 0 Å². The molecule has 11 heteroatoms. The van der Waals surface area contributed by atoms with Crippen molar-refractivity contribution in [3.05, 3.63) is 87.9 Å². The molecule has 0 aromatic heterocycles. The average Bonchev–Trinajstić information content (AvgIpc) is 2.92. The van der Waals surface area contributed by atoms with Crippen LogP contribution in [-0.4, -0.2) is 50.4 Å². The summed E-state index contributed by atoms with van der Waals surface area (Å²) >= 11 is 13.0. The lowest BCUT2D eigenvalue weighted by Crippen LogP contribution is -2.55. The van der Waals surface area contributed by atoms with E-state index in [0.717, 1.165) is 9.87 Å². The molecule has 1 N–H and O–H groups in total. The Kier molecular flexibility index (Phi) is 10.9. The zero-order chi connectivity index (χ0) is 31.2. The minimum absolute atomic E-state index is 0.000394. The number of anilines is 1. The molecule has 8 nitrogen and oxygen atoms in total. The number of halogens is 2. The van der Waals surface area contributed by atoms with Crippen molar-refractivity contribution >= 4 is 50.7 Å². The third-order valence-corrected chi connectivity index (χ3v) is 8.97. The number of ether oxygens (including phenoxy) is 1. The summed E-state index contributed by atoms with van der Waals surface area (Å²) in [5.41, 5.74) is 0.834. The van der Waals surface area contributed by atoms with Gasteiger partial charge in [-0.3, -0.25) is 13.9 Å². The highest BCUT2D eigenvalue weighted by Crippen LogP contribution is 2.34. The third-order valence-electron chi connectivity index (χ3n) is 6.49. The highest BCUT2D eigenvalue weighted by Gasteiger charge is 2.36. The Hall–Kier alpha value is -3.27. The van der Waals surface area contributed by atoms with Crippen LogP contribution in [0, 0.1) is 6.92 Å². The molecule has 0 aliphatic heterocycles. The first kappa shape index (κ1) is 33.2. The van der Waals surface area contributed by atoms with Gasteiger partial charge in [-0.2, -0.15) is 0 Å². The van der Waals surface area contributed by atoms with Crippen molar-refractivity contribution in [2.45, 2.75) is 64.1 Å². The van der Waals surface area contributed by atoms with E-state index in [-0.39, 0.29) is 35.2 Å². The summed E-state index contributed by atoms with van der Waals surface area (Å²) in [7, 11) is -2.82. The molecule has 0 radical (unpaired) electrons. The fraction of sp³-hybridized carbons (Fsp3) is 0.355. The van der Waals surface area contributed by atoms with Crippen molar-refractivity contribution in [3.8, 4) is 5.75 Å². The third kappa shape index (κ3) is 7.96. The Morgan fingerprint density at radius 3 is 2.14 bits per heavy atom. The monoisotopic (exact) mass is 633 g/mol. The lowest BCUT2D eigenvalue weighted by atomic mass is 10.1. The Balaban J connectivity index is 2.17. The van der Waals surface area contributed by atoms with Crippen molar-refractivity contribution in [2.75, 3.05) is 18.0 Å². The first-order valence-corrected chi connectivity index (χ1v) is 15.7. The van der Waals surface area contributed by atoms with Gasteiger partial charge in [0.2, 0.25) is 11.8 Å². The number of methoxy groups -OCH3 is 1. The topological polar surface area (TPSA) is 96.0 Å². The van der Waals surface area contributed by atoms with E-state index in [1.807, 2.05) is 27.7 Å². The van der Waals surface area contributed by atoms with Gasteiger partial charge in [-0.25, -0.2) is 8.42 Å². The molecule has 0 saturated heterocycles. The lowest BCUT2D eigenvalue weighted by Gasteiger charge is -2.35. The predicted molar refractivity (Wildman–Crippen MR) is 168 cm³/mol. The first-order valence-electron chi connectivity index (χ1n) is 13.5. The minimum atomic E-state index is -4.25. The van der Waals surface area contributed by atoms with Crippen LogP contribution in [0.15, 0.2) is 71.6 Å². The molecule has 3 aromatic carbocycles. The molecule has 0 heterocycles. The fourth-order valence-corrected chi connectivity index (χ4v) is 6.41. The number of carbonyl (C=O) groups is 2. The molecule has 226 valence electrons. The van der Waals surface area contributed by atoms with E-state index in [4.69, 9.17) is 27.9 Å². The number of benzene rings is 3. The van der Waals surface area contributed by atoms with Gasteiger partial charge in [-0.15, -0.1) is 0 Å². The zero-order valence-electron chi connectivity index (χ0n) is 24.6. The van der Waals surface area contributed by atoms with E-state index in [1.165, 1.54) is 24.1 Å². The quantitative estimate of drug-likeness (QED) is 0.270. The van der Waals surface area contributed by atoms with Gasteiger partial charge in [0, 0.05) is 27.7 Å². The van der Waals surface area contributed by atoms with E-state index in [1.54, 1.807) is 61.5 Å². The molecule has 1 atom stereocenters. The number of nitrogens with zero attached hydrogens (tertiary/aromatic N) is 2. The van der Waals surface area contributed by atoms with Crippen LogP contribution < -0.4 is 14.4 Å². The maximum absolute atomic E-state index is 14.3. The zero-order valence-corrected chi connectivity index (χ0v) is 27.0. The molecule has 0 aliphatic rings. The highest BCUT2D eigenvalue weighted by molar-refractivity contribution is 7.92. The number of hydrogen-bond donors (Lipinski definition) is 1. The van der Waals surface area contributed by atoms with Crippen molar-refractivity contribution in [1.29, 1.82) is 0 Å². The Labute approximate surface area is 258 Å². The lowest BCUT2D eigenvalue weighted by molar-refractivity contribution is -0.141. The van der Waals surface area contributed by atoms with Crippen LogP contribution in [-0.2, 0) is 26.2 Å². The van der Waals surface area contributed by atoms with Gasteiger partial charge < -0.3 is 15.0 Å². The number of amides is 2. The van der Waals surface area contributed by atoms with Gasteiger partial charge in [-0.1, -0.05) is 60.5 Å². The number of rotatable bonds is 11. The molecule has 42 heavy (non-hydrogen) atoms. The van der Waals surface area contributed by atoms with Crippen molar-refractivity contribution < 1.29 is 22.7 Å². The summed E-state index contributed by atoms with van der Waals surface area (Å²) in [4.78, 5) is 29.1. The molecule has 0 spiro atoms. The summed E-state index contributed by atoms with van der Waals surface area (Å²) in [6.45, 7) is 8.39. The van der Waals surface area contributed by atoms with Crippen LogP contribution in [0.25, 0.3) is 0 Å². The maximum Gasteiger partial charge on any atom is 0.264 e. The minimum Gasteiger partial charge on any atom is -0.495 e. The second-order valence-electron chi connectivity index (χ2n) is 10.9. The van der Waals surface area contributed by atoms with Crippen LogP contribution in [0.2, 0.25) is 10.0 Å². The van der Waals surface area contributed by atoms with Gasteiger partial charge >= 0.3 is 0 Å². The number of hydrogen-bond acceptors (Lipinski definition) is 5. The van der Waals surface area contributed by atoms with Crippen molar-refractivity contribution in [1.82, 2.24) is 10.2 Å². The summed E-state index contributed by atoms with van der Waals surface area (Å²) in [6, 6.07) is 16.9. The fourth-order valence-electron chi connectivity index (χ4n) is 4.45. The van der Waals surface area contributed by atoms with E-state index >= 15 is 0 Å². The smallest absolute Gasteiger partial charge is 0.264 e. The number of carbonyl (C=O) groups excluding carboxylic acids is 2.